The summed E-state index contributed by atoms with van der Waals surface area (Å²) < 4.78 is 26.0. The van der Waals surface area contributed by atoms with Gasteiger partial charge in [0.2, 0.25) is 5.92 Å². The van der Waals surface area contributed by atoms with Gasteiger partial charge < -0.3 is 5.32 Å². The van der Waals surface area contributed by atoms with Gasteiger partial charge in [0.1, 0.15) is 0 Å². The lowest BCUT2D eigenvalue weighted by atomic mass is 9.80. The van der Waals surface area contributed by atoms with Crippen molar-refractivity contribution in [2.24, 2.45) is 5.92 Å². The van der Waals surface area contributed by atoms with Crippen molar-refractivity contribution in [2.75, 3.05) is 7.05 Å². The highest BCUT2D eigenvalue weighted by atomic mass is 19.3. The summed E-state index contributed by atoms with van der Waals surface area (Å²) in [5.41, 5.74) is 1.17. The molecule has 0 heterocycles. The van der Waals surface area contributed by atoms with E-state index in [2.05, 4.69) is 11.9 Å². The summed E-state index contributed by atoms with van der Waals surface area (Å²) in [6.07, 6.45) is 3.41. The highest BCUT2D eigenvalue weighted by molar-refractivity contribution is 4.91. The number of nitrogens with one attached hydrogen (secondary N) is 1. The molecule has 1 aliphatic rings. The average Bonchev–Trinajstić information content (AvgIpc) is 2.20. The molecule has 16 heavy (non-hydrogen) atoms. The van der Waals surface area contributed by atoms with Gasteiger partial charge in [0.25, 0.3) is 0 Å². The van der Waals surface area contributed by atoms with E-state index in [1.54, 1.807) is 0 Å². The third kappa shape index (κ3) is 4.20. The Morgan fingerprint density at radius 2 is 2.00 bits per heavy atom. The molecule has 1 unspecified atom stereocenters. The van der Waals surface area contributed by atoms with Gasteiger partial charge in [0.05, 0.1) is 0 Å². The van der Waals surface area contributed by atoms with E-state index < -0.39 is 5.92 Å². The second-order valence-corrected chi connectivity index (χ2v) is 5.08. The molecule has 0 aliphatic heterocycles. The summed E-state index contributed by atoms with van der Waals surface area (Å²) in [6, 6.07) is 0.368. The average molecular weight is 231 g/mol. The first-order chi connectivity index (χ1) is 7.44. The Morgan fingerprint density at radius 3 is 2.44 bits per heavy atom. The van der Waals surface area contributed by atoms with Crippen LogP contribution in [-0.2, 0) is 0 Å². The quantitative estimate of drug-likeness (QED) is 0.710. The molecule has 1 atom stereocenters. The van der Waals surface area contributed by atoms with Gasteiger partial charge in [-0.3, -0.25) is 0 Å². The summed E-state index contributed by atoms with van der Waals surface area (Å²) in [4.78, 5) is 0. The van der Waals surface area contributed by atoms with Crippen molar-refractivity contribution in [1.82, 2.24) is 5.32 Å². The lowest BCUT2D eigenvalue weighted by Crippen LogP contribution is -2.38. The molecule has 0 aromatic heterocycles. The van der Waals surface area contributed by atoms with Gasteiger partial charge >= 0.3 is 0 Å². The highest BCUT2D eigenvalue weighted by Gasteiger charge is 2.36. The fourth-order valence-corrected chi connectivity index (χ4v) is 2.48. The van der Waals surface area contributed by atoms with Crippen LogP contribution in [0.3, 0.4) is 0 Å². The summed E-state index contributed by atoms with van der Waals surface area (Å²) >= 11 is 0. The van der Waals surface area contributed by atoms with Crippen molar-refractivity contribution in [3.8, 4) is 0 Å². The van der Waals surface area contributed by atoms with Gasteiger partial charge in [-0.05, 0) is 45.6 Å². The summed E-state index contributed by atoms with van der Waals surface area (Å²) in [6.45, 7) is 5.90. The summed E-state index contributed by atoms with van der Waals surface area (Å²) in [7, 11) is 1.93. The highest BCUT2D eigenvalue weighted by Crippen LogP contribution is 2.38. The van der Waals surface area contributed by atoms with Crippen LogP contribution in [0.15, 0.2) is 12.2 Å². The van der Waals surface area contributed by atoms with Gasteiger partial charge in [-0.15, -0.1) is 6.58 Å². The van der Waals surface area contributed by atoms with Crippen LogP contribution >= 0.6 is 0 Å². The standard InChI is InChI=1S/C13H23F2N/c1-10(2)4-5-12(16-3)11-6-8-13(14,15)9-7-11/h11-12,16H,1,4-9H2,2-3H3. The Hall–Kier alpha value is -0.440. The predicted molar refractivity (Wildman–Crippen MR) is 63.8 cm³/mol. The lowest BCUT2D eigenvalue weighted by Gasteiger charge is -2.33. The molecule has 1 saturated carbocycles. The number of alkyl halides is 2. The van der Waals surface area contributed by atoms with Crippen LogP contribution in [0.2, 0.25) is 0 Å². The Morgan fingerprint density at radius 1 is 1.44 bits per heavy atom. The Kier molecular flexibility index (Phi) is 4.90. The van der Waals surface area contributed by atoms with E-state index in [1.807, 2.05) is 14.0 Å². The molecule has 3 heteroatoms. The fraction of sp³-hybridized carbons (Fsp3) is 0.846. The van der Waals surface area contributed by atoms with Crippen LogP contribution in [0.5, 0.6) is 0 Å². The zero-order valence-electron chi connectivity index (χ0n) is 10.4. The Labute approximate surface area is 97.3 Å². The van der Waals surface area contributed by atoms with Crippen molar-refractivity contribution >= 4 is 0 Å². The molecule has 94 valence electrons. The van der Waals surface area contributed by atoms with Crippen molar-refractivity contribution in [3.05, 3.63) is 12.2 Å². The monoisotopic (exact) mass is 231 g/mol. The second-order valence-electron chi connectivity index (χ2n) is 5.08. The van der Waals surface area contributed by atoms with Crippen molar-refractivity contribution < 1.29 is 8.78 Å². The minimum absolute atomic E-state index is 0.0585. The number of hydrogen-bond donors (Lipinski definition) is 1. The SMILES string of the molecule is C=C(C)CCC(NC)C1CCC(F)(F)CC1. The minimum Gasteiger partial charge on any atom is -0.317 e. The molecule has 0 radical (unpaired) electrons. The third-order valence-electron chi connectivity index (χ3n) is 3.58. The smallest absolute Gasteiger partial charge is 0.248 e. The van der Waals surface area contributed by atoms with Crippen LogP contribution in [-0.4, -0.2) is 19.0 Å². The molecular weight excluding hydrogens is 208 g/mol. The van der Waals surface area contributed by atoms with Crippen molar-refractivity contribution in [2.45, 2.75) is 57.4 Å². The van der Waals surface area contributed by atoms with Crippen LogP contribution in [0.1, 0.15) is 45.4 Å². The summed E-state index contributed by atoms with van der Waals surface area (Å²) in [5, 5.41) is 3.27. The number of hydrogen-bond acceptors (Lipinski definition) is 1. The van der Waals surface area contributed by atoms with E-state index >= 15 is 0 Å². The molecule has 1 rings (SSSR count). The van der Waals surface area contributed by atoms with Gasteiger partial charge in [0, 0.05) is 18.9 Å². The molecular formula is C13H23F2N. The van der Waals surface area contributed by atoms with E-state index in [4.69, 9.17) is 0 Å². The first-order valence-corrected chi connectivity index (χ1v) is 6.14. The van der Waals surface area contributed by atoms with Crippen LogP contribution in [0.25, 0.3) is 0 Å². The third-order valence-corrected chi connectivity index (χ3v) is 3.58. The van der Waals surface area contributed by atoms with E-state index in [0.29, 0.717) is 24.8 Å². The van der Waals surface area contributed by atoms with E-state index in [1.165, 1.54) is 5.57 Å². The van der Waals surface area contributed by atoms with Crippen LogP contribution < -0.4 is 5.32 Å². The van der Waals surface area contributed by atoms with Gasteiger partial charge in [-0.1, -0.05) is 5.57 Å². The van der Waals surface area contributed by atoms with Crippen LogP contribution in [0.4, 0.5) is 8.78 Å². The zero-order chi connectivity index (χ0) is 12.2. The van der Waals surface area contributed by atoms with Crippen LogP contribution in [0, 0.1) is 5.92 Å². The van der Waals surface area contributed by atoms with Crippen molar-refractivity contribution in [1.29, 1.82) is 0 Å². The summed E-state index contributed by atoms with van der Waals surface area (Å²) in [5.74, 6) is -2.01. The molecule has 0 bridgehead atoms. The predicted octanol–water partition coefficient (Wildman–Crippen LogP) is 3.76. The fourth-order valence-electron chi connectivity index (χ4n) is 2.48. The van der Waals surface area contributed by atoms with E-state index in [0.717, 1.165) is 12.8 Å². The molecule has 1 fully saturated rings. The largest absolute Gasteiger partial charge is 0.317 e. The molecule has 0 aromatic rings. The molecule has 0 aromatic carbocycles. The maximum absolute atomic E-state index is 13.0. The molecule has 0 saturated heterocycles. The van der Waals surface area contributed by atoms with Gasteiger partial charge in [-0.2, -0.15) is 0 Å². The van der Waals surface area contributed by atoms with E-state index in [9.17, 15) is 8.78 Å². The van der Waals surface area contributed by atoms with Gasteiger partial charge in [0.15, 0.2) is 0 Å². The maximum atomic E-state index is 13.0. The second kappa shape index (κ2) is 5.76. The van der Waals surface area contributed by atoms with E-state index in [-0.39, 0.29) is 12.8 Å². The zero-order valence-corrected chi connectivity index (χ0v) is 10.4. The first-order valence-electron chi connectivity index (χ1n) is 6.14. The van der Waals surface area contributed by atoms with Crippen molar-refractivity contribution in [3.63, 3.8) is 0 Å². The molecule has 1 aliphatic carbocycles. The number of rotatable bonds is 5. The van der Waals surface area contributed by atoms with Gasteiger partial charge in [-0.25, -0.2) is 8.78 Å². The lowest BCUT2D eigenvalue weighted by molar-refractivity contribution is -0.0495. The normalized spacial score (nSPS) is 23.0. The maximum Gasteiger partial charge on any atom is 0.248 e. The minimum atomic E-state index is -2.41. The number of allylic oxidation sites excluding steroid dienone is 1. The Bertz CT molecular complexity index is 228. The topological polar surface area (TPSA) is 12.0 Å². The molecule has 1 nitrogen and oxygen atoms in total. The molecule has 0 amide bonds. The first kappa shape index (κ1) is 13.6. The Balaban J connectivity index is 2.39. The molecule has 0 spiro atoms. The number of halogens is 2. The molecule has 1 N–H and O–H groups in total.